The number of methoxy groups -OCH3 is 1. The van der Waals surface area contributed by atoms with Gasteiger partial charge in [0, 0.05) is 36.6 Å². The summed E-state index contributed by atoms with van der Waals surface area (Å²) < 4.78 is 11.4. The first kappa shape index (κ1) is 21.0. The van der Waals surface area contributed by atoms with Gasteiger partial charge in [0.15, 0.2) is 0 Å². The van der Waals surface area contributed by atoms with E-state index >= 15 is 0 Å². The minimum absolute atomic E-state index is 0.283. The van der Waals surface area contributed by atoms with Gasteiger partial charge in [0.1, 0.15) is 24.2 Å². The first-order chi connectivity index (χ1) is 13.5. The number of thiazole rings is 1. The quantitative estimate of drug-likeness (QED) is 0.656. The number of ether oxygens (including phenoxy) is 2. The Hall–Kier alpha value is -1.67. The molecule has 1 unspecified atom stereocenters. The second-order valence-electron chi connectivity index (χ2n) is 7.48. The van der Waals surface area contributed by atoms with Gasteiger partial charge in [0.05, 0.1) is 17.8 Å². The van der Waals surface area contributed by atoms with Gasteiger partial charge in [-0.15, -0.1) is 11.3 Å². The zero-order valence-electron chi connectivity index (χ0n) is 17.1. The van der Waals surface area contributed by atoms with Crippen molar-refractivity contribution in [1.29, 1.82) is 0 Å². The summed E-state index contributed by atoms with van der Waals surface area (Å²) in [5, 5.41) is 13.5. The number of likely N-dealkylation sites (tertiary alicyclic amines) is 1. The molecule has 3 rings (SSSR count). The van der Waals surface area contributed by atoms with Crippen molar-refractivity contribution in [2.45, 2.75) is 39.0 Å². The highest BCUT2D eigenvalue weighted by Gasteiger charge is 2.17. The maximum Gasteiger partial charge on any atom is 0.127 e. The molecule has 6 nitrogen and oxygen atoms in total. The molecule has 0 spiro atoms. The van der Waals surface area contributed by atoms with Crippen LogP contribution in [0.5, 0.6) is 11.5 Å². The lowest BCUT2D eigenvalue weighted by Gasteiger charge is -2.22. The van der Waals surface area contributed by atoms with Crippen molar-refractivity contribution >= 4 is 11.3 Å². The number of nitrogens with zero attached hydrogens (tertiary/aromatic N) is 3. The van der Waals surface area contributed by atoms with Gasteiger partial charge >= 0.3 is 0 Å². The van der Waals surface area contributed by atoms with Crippen LogP contribution in [0, 0.1) is 6.92 Å². The molecule has 0 saturated carbocycles. The Morgan fingerprint density at radius 2 is 2.07 bits per heavy atom. The molecule has 154 valence electrons. The number of β-amino-alcohol motifs (C(OH)–C–C–N with tert-alkyl or cyclic N) is 1. The van der Waals surface area contributed by atoms with Crippen LogP contribution in [-0.4, -0.2) is 66.4 Å². The Bertz CT molecular complexity index is 746. The highest BCUT2D eigenvalue weighted by molar-refractivity contribution is 7.09. The minimum Gasteiger partial charge on any atom is -0.497 e. The highest BCUT2D eigenvalue weighted by Crippen LogP contribution is 2.26. The van der Waals surface area contributed by atoms with Gasteiger partial charge in [-0.25, -0.2) is 4.98 Å². The summed E-state index contributed by atoms with van der Waals surface area (Å²) in [6.45, 7) is 6.64. The molecular weight excluding hydrogens is 374 g/mol. The molecule has 1 fully saturated rings. The van der Waals surface area contributed by atoms with Crippen molar-refractivity contribution in [3.05, 3.63) is 39.8 Å². The standard InChI is InChI=1S/C21H31N3O3S/c1-16-22-18(15-28-16)12-23(2)11-17-6-7-20(26-3)10-21(17)27-14-19(25)13-24-8-4-5-9-24/h6-7,10,15,19,25H,4-5,8-9,11-14H2,1-3H3. The number of hydrogen-bond donors (Lipinski definition) is 1. The number of aliphatic hydroxyl groups is 1. The molecule has 0 bridgehead atoms. The van der Waals surface area contributed by atoms with Crippen LogP contribution < -0.4 is 9.47 Å². The van der Waals surface area contributed by atoms with Gasteiger partial charge in [0.25, 0.3) is 0 Å². The molecule has 1 atom stereocenters. The largest absolute Gasteiger partial charge is 0.497 e. The van der Waals surface area contributed by atoms with Crippen molar-refractivity contribution < 1.29 is 14.6 Å². The Labute approximate surface area is 171 Å². The highest BCUT2D eigenvalue weighted by atomic mass is 32.1. The molecule has 7 heteroatoms. The SMILES string of the molecule is COc1ccc(CN(C)Cc2csc(C)n2)c(OCC(O)CN2CCCC2)c1. The Morgan fingerprint density at radius 3 is 2.75 bits per heavy atom. The predicted molar refractivity (Wildman–Crippen MR) is 112 cm³/mol. The fraction of sp³-hybridized carbons (Fsp3) is 0.571. The second kappa shape index (κ2) is 10.2. The zero-order valence-corrected chi connectivity index (χ0v) is 17.9. The molecule has 1 aromatic heterocycles. The summed E-state index contributed by atoms with van der Waals surface area (Å²) in [4.78, 5) is 9.05. The molecule has 0 radical (unpaired) electrons. The van der Waals surface area contributed by atoms with E-state index in [0.29, 0.717) is 6.54 Å². The average molecular weight is 406 g/mol. The molecular formula is C21H31N3O3S. The maximum atomic E-state index is 10.4. The Morgan fingerprint density at radius 1 is 1.29 bits per heavy atom. The summed E-state index contributed by atoms with van der Waals surface area (Å²) in [5.74, 6) is 1.52. The van der Waals surface area contributed by atoms with Crippen LogP contribution in [0.1, 0.15) is 29.1 Å². The minimum atomic E-state index is -0.493. The first-order valence-corrected chi connectivity index (χ1v) is 10.7. The molecule has 1 aliphatic rings. The summed E-state index contributed by atoms with van der Waals surface area (Å²) in [6, 6.07) is 5.88. The van der Waals surface area contributed by atoms with Crippen LogP contribution >= 0.6 is 11.3 Å². The van der Waals surface area contributed by atoms with E-state index in [0.717, 1.165) is 53.9 Å². The van der Waals surface area contributed by atoms with Gasteiger partial charge < -0.3 is 19.5 Å². The van der Waals surface area contributed by atoms with E-state index in [1.54, 1.807) is 18.4 Å². The van der Waals surface area contributed by atoms with Gasteiger partial charge in [-0.2, -0.15) is 0 Å². The molecule has 0 amide bonds. The van der Waals surface area contributed by atoms with E-state index in [-0.39, 0.29) is 6.61 Å². The third-order valence-electron chi connectivity index (χ3n) is 4.91. The van der Waals surface area contributed by atoms with E-state index in [4.69, 9.17) is 9.47 Å². The number of rotatable bonds is 10. The molecule has 1 aliphatic heterocycles. The van der Waals surface area contributed by atoms with E-state index in [9.17, 15) is 5.11 Å². The number of aryl methyl sites for hydroxylation is 1. The average Bonchev–Trinajstić information content (AvgIpc) is 3.32. The van der Waals surface area contributed by atoms with E-state index < -0.39 is 6.10 Å². The fourth-order valence-electron chi connectivity index (χ4n) is 3.53. The normalized spacial score (nSPS) is 15.9. The third kappa shape index (κ3) is 6.17. The molecule has 2 heterocycles. The van der Waals surface area contributed by atoms with E-state index in [1.165, 1.54) is 12.8 Å². The summed E-state index contributed by atoms with van der Waals surface area (Å²) >= 11 is 1.67. The molecule has 0 aliphatic carbocycles. The summed E-state index contributed by atoms with van der Waals surface area (Å²) in [5.41, 5.74) is 2.16. The van der Waals surface area contributed by atoms with Crippen LogP contribution in [0.25, 0.3) is 0 Å². The first-order valence-electron chi connectivity index (χ1n) is 9.83. The molecule has 1 aromatic carbocycles. The van der Waals surface area contributed by atoms with E-state index in [1.807, 2.05) is 25.1 Å². The lowest BCUT2D eigenvalue weighted by atomic mass is 10.1. The van der Waals surface area contributed by atoms with Crippen molar-refractivity contribution in [2.24, 2.45) is 0 Å². The van der Waals surface area contributed by atoms with Crippen LogP contribution in [0.2, 0.25) is 0 Å². The van der Waals surface area contributed by atoms with Crippen LogP contribution in [0.4, 0.5) is 0 Å². The van der Waals surface area contributed by atoms with E-state index in [2.05, 4.69) is 27.2 Å². The second-order valence-corrected chi connectivity index (χ2v) is 8.54. The Balaban J connectivity index is 1.60. The van der Waals surface area contributed by atoms with Crippen molar-refractivity contribution in [1.82, 2.24) is 14.8 Å². The van der Waals surface area contributed by atoms with Crippen molar-refractivity contribution in [2.75, 3.05) is 40.4 Å². The number of benzene rings is 1. The van der Waals surface area contributed by atoms with Crippen molar-refractivity contribution in [3.63, 3.8) is 0 Å². The molecule has 1 saturated heterocycles. The fourth-order valence-corrected chi connectivity index (χ4v) is 4.14. The lowest BCUT2D eigenvalue weighted by molar-refractivity contribution is 0.0750. The zero-order chi connectivity index (χ0) is 19.9. The predicted octanol–water partition coefficient (Wildman–Crippen LogP) is 2.93. The van der Waals surface area contributed by atoms with Crippen LogP contribution in [0.15, 0.2) is 23.6 Å². The molecule has 1 N–H and O–H groups in total. The number of aromatic nitrogens is 1. The third-order valence-corrected chi connectivity index (χ3v) is 5.73. The number of hydrogen-bond acceptors (Lipinski definition) is 7. The van der Waals surface area contributed by atoms with Crippen LogP contribution in [-0.2, 0) is 13.1 Å². The van der Waals surface area contributed by atoms with Gasteiger partial charge in [-0.1, -0.05) is 6.07 Å². The van der Waals surface area contributed by atoms with Crippen LogP contribution in [0.3, 0.4) is 0 Å². The van der Waals surface area contributed by atoms with Gasteiger partial charge in [-0.3, -0.25) is 4.90 Å². The summed E-state index contributed by atoms with van der Waals surface area (Å²) in [6.07, 6.45) is 1.95. The molecule has 2 aromatic rings. The Kier molecular flexibility index (Phi) is 7.67. The smallest absolute Gasteiger partial charge is 0.127 e. The number of aliphatic hydroxyl groups excluding tert-OH is 1. The monoisotopic (exact) mass is 405 g/mol. The maximum absolute atomic E-state index is 10.4. The topological polar surface area (TPSA) is 58.1 Å². The van der Waals surface area contributed by atoms with Crippen molar-refractivity contribution in [3.8, 4) is 11.5 Å². The molecule has 28 heavy (non-hydrogen) atoms. The summed E-state index contributed by atoms with van der Waals surface area (Å²) in [7, 11) is 3.72. The lowest BCUT2D eigenvalue weighted by Crippen LogP contribution is -2.33. The van der Waals surface area contributed by atoms with Gasteiger partial charge in [0.2, 0.25) is 0 Å². The van der Waals surface area contributed by atoms with Gasteiger partial charge in [-0.05, 0) is 46.0 Å².